The molecule has 6 nitrogen and oxygen atoms in total. The molecule has 1 amide bonds. The predicted molar refractivity (Wildman–Crippen MR) is 120 cm³/mol. The number of nitrogens with one attached hydrogen (secondary N) is 1. The third kappa shape index (κ3) is 4.55. The van der Waals surface area contributed by atoms with E-state index in [0.29, 0.717) is 28.4 Å². The van der Waals surface area contributed by atoms with Crippen molar-refractivity contribution >= 4 is 49.5 Å². The van der Waals surface area contributed by atoms with E-state index in [2.05, 4.69) is 37.2 Å². The Kier molecular flexibility index (Phi) is 6.89. The van der Waals surface area contributed by atoms with Crippen molar-refractivity contribution < 1.29 is 23.6 Å². The second-order valence-electron chi connectivity index (χ2n) is 6.36. The van der Waals surface area contributed by atoms with Gasteiger partial charge in [0.1, 0.15) is 22.6 Å². The Bertz CT molecular complexity index is 1130. The molecule has 1 aromatic heterocycles. The number of rotatable bonds is 5. The lowest BCUT2D eigenvalue weighted by Gasteiger charge is -2.11. The number of anilines is 1. The molecule has 2 aromatic carbocycles. The van der Waals surface area contributed by atoms with Crippen molar-refractivity contribution in [2.45, 2.75) is 6.92 Å². The van der Waals surface area contributed by atoms with Crippen molar-refractivity contribution in [2.24, 2.45) is 0 Å². The van der Waals surface area contributed by atoms with Crippen LogP contribution >= 0.6 is 31.9 Å². The summed E-state index contributed by atoms with van der Waals surface area (Å²) in [6.45, 7) is 1.82. The molecule has 154 valence electrons. The van der Waals surface area contributed by atoms with Crippen molar-refractivity contribution in [3.8, 4) is 11.5 Å². The molecule has 8 heteroatoms. The molecule has 1 heterocycles. The van der Waals surface area contributed by atoms with Crippen LogP contribution in [0.5, 0.6) is 11.5 Å². The first kappa shape index (κ1) is 22.0. The molecule has 30 heavy (non-hydrogen) atoms. The number of aryl methyl sites for hydroxylation is 1. The van der Waals surface area contributed by atoms with E-state index >= 15 is 0 Å². The van der Waals surface area contributed by atoms with Crippen LogP contribution in [0.1, 0.15) is 26.3 Å². The molecule has 0 bridgehead atoms. The van der Waals surface area contributed by atoms with Crippen LogP contribution in [-0.4, -0.2) is 26.0 Å². The summed E-state index contributed by atoms with van der Waals surface area (Å²) in [5.41, 5.74) is 1.43. The molecule has 0 fully saturated rings. The smallest absolute Gasteiger partial charge is 0.349 e. The maximum atomic E-state index is 13.3. The van der Waals surface area contributed by atoms with Gasteiger partial charge in [-0.25, -0.2) is 14.9 Å². The molecule has 0 unspecified atom stereocenters. The zero-order valence-electron chi connectivity index (χ0n) is 16.5. The zero-order chi connectivity index (χ0) is 21.8. The molecular weight excluding hydrogens is 516 g/mol. The number of carbonyl (C=O) groups excluding carboxylic acids is 2. The summed E-state index contributed by atoms with van der Waals surface area (Å²) in [5, 5.41) is 2.85. The van der Waals surface area contributed by atoms with Gasteiger partial charge >= 0.3 is 11.8 Å². The number of aromatic nitrogens is 1. The van der Waals surface area contributed by atoms with Gasteiger partial charge in [0.05, 0.1) is 20.4 Å². The Labute approximate surface area is 191 Å². The topological polar surface area (TPSA) is 68.5 Å². The number of hydrogen-bond donors (Lipinski definition) is 1. The van der Waals surface area contributed by atoms with Gasteiger partial charge in [0.2, 0.25) is 0 Å². The number of pyridine rings is 1. The van der Waals surface area contributed by atoms with Gasteiger partial charge in [-0.15, -0.1) is 0 Å². The first-order valence-electron chi connectivity index (χ1n) is 8.90. The Morgan fingerprint density at radius 2 is 1.47 bits per heavy atom. The maximum absolute atomic E-state index is 13.3. The van der Waals surface area contributed by atoms with Crippen LogP contribution in [0, 0.1) is 6.92 Å². The Balaban J connectivity index is 2.05. The van der Waals surface area contributed by atoms with E-state index in [1.165, 1.54) is 18.8 Å². The molecular formula is C22H19Br2N2O4+. The first-order chi connectivity index (χ1) is 14.3. The molecule has 0 radical (unpaired) electrons. The fourth-order valence-electron chi connectivity index (χ4n) is 2.95. The molecule has 0 aliphatic heterocycles. The number of benzene rings is 2. The first-order valence-corrected chi connectivity index (χ1v) is 10.5. The quantitative estimate of drug-likeness (QED) is 0.479. The van der Waals surface area contributed by atoms with Gasteiger partial charge in [-0.05, 0) is 55.5 Å². The summed E-state index contributed by atoms with van der Waals surface area (Å²) >= 11 is 6.76. The SMILES string of the molecule is COc1ccc(Br)cc1C(=O)Nc1c(C)ccc[n+]1C(=O)c1cc(Br)ccc1OC. The van der Waals surface area contributed by atoms with Crippen molar-refractivity contribution in [3.63, 3.8) is 0 Å². The molecule has 0 atom stereocenters. The number of methoxy groups -OCH3 is 2. The van der Waals surface area contributed by atoms with E-state index in [-0.39, 0.29) is 5.91 Å². The minimum atomic E-state index is -0.398. The van der Waals surface area contributed by atoms with Crippen LogP contribution in [0.4, 0.5) is 5.82 Å². The fourth-order valence-corrected chi connectivity index (χ4v) is 3.68. The molecule has 0 aliphatic carbocycles. The van der Waals surface area contributed by atoms with Crippen LogP contribution in [0.3, 0.4) is 0 Å². The van der Waals surface area contributed by atoms with Crippen molar-refractivity contribution in [1.82, 2.24) is 0 Å². The summed E-state index contributed by atoms with van der Waals surface area (Å²) in [4.78, 5) is 26.3. The van der Waals surface area contributed by atoms with Crippen LogP contribution in [0.2, 0.25) is 0 Å². The van der Waals surface area contributed by atoms with Gasteiger partial charge < -0.3 is 9.47 Å². The number of ether oxygens (including phenoxy) is 2. The molecule has 3 rings (SSSR count). The number of nitrogens with zero attached hydrogens (tertiary/aromatic N) is 1. The summed E-state index contributed by atoms with van der Waals surface area (Å²) < 4.78 is 13.5. The Morgan fingerprint density at radius 3 is 2.07 bits per heavy atom. The Morgan fingerprint density at radius 1 is 0.900 bits per heavy atom. The average Bonchev–Trinajstić information content (AvgIpc) is 2.74. The molecule has 3 aromatic rings. The third-order valence-electron chi connectivity index (χ3n) is 4.44. The predicted octanol–water partition coefficient (Wildman–Crippen LogP) is 4.77. The standard InChI is InChI=1S/C22H18Br2N2O4/c1-13-5-4-10-26(22(28)17-12-15(24)7-9-19(17)30-3)20(13)25-21(27)16-11-14(23)6-8-18(16)29-2/h4-12H,1-3H3/p+1. The lowest BCUT2D eigenvalue weighted by atomic mass is 10.1. The van der Waals surface area contributed by atoms with Crippen molar-refractivity contribution in [1.29, 1.82) is 0 Å². The number of halogens is 2. The van der Waals surface area contributed by atoms with Crippen LogP contribution < -0.4 is 19.4 Å². The largest absolute Gasteiger partial charge is 0.496 e. The highest BCUT2D eigenvalue weighted by Crippen LogP contribution is 2.25. The molecule has 1 N–H and O–H groups in total. The summed E-state index contributed by atoms with van der Waals surface area (Å²) in [5.74, 6) is 0.481. The van der Waals surface area contributed by atoms with E-state index in [0.717, 1.165) is 14.5 Å². The van der Waals surface area contributed by atoms with Crippen molar-refractivity contribution in [3.05, 3.63) is 80.4 Å². The zero-order valence-corrected chi connectivity index (χ0v) is 19.7. The van der Waals surface area contributed by atoms with E-state index in [1.807, 2.05) is 13.0 Å². The highest BCUT2D eigenvalue weighted by molar-refractivity contribution is 9.10. The lowest BCUT2D eigenvalue weighted by Crippen LogP contribution is -2.46. The van der Waals surface area contributed by atoms with Gasteiger partial charge in [-0.3, -0.25) is 0 Å². The summed E-state index contributed by atoms with van der Waals surface area (Å²) in [7, 11) is 3.00. The van der Waals surface area contributed by atoms with E-state index in [1.54, 1.807) is 48.7 Å². The third-order valence-corrected chi connectivity index (χ3v) is 5.43. The minimum Gasteiger partial charge on any atom is -0.496 e. The van der Waals surface area contributed by atoms with Gasteiger partial charge in [0.15, 0.2) is 0 Å². The van der Waals surface area contributed by atoms with Crippen LogP contribution in [0.25, 0.3) is 0 Å². The van der Waals surface area contributed by atoms with Crippen molar-refractivity contribution in [2.75, 3.05) is 19.5 Å². The van der Waals surface area contributed by atoms with E-state index in [9.17, 15) is 9.59 Å². The highest BCUT2D eigenvalue weighted by atomic mass is 79.9. The second-order valence-corrected chi connectivity index (χ2v) is 8.19. The second kappa shape index (κ2) is 9.40. The van der Waals surface area contributed by atoms with E-state index in [4.69, 9.17) is 9.47 Å². The maximum Gasteiger partial charge on any atom is 0.349 e. The molecule has 0 aliphatic rings. The highest BCUT2D eigenvalue weighted by Gasteiger charge is 2.27. The summed E-state index contributed by atoms with van der Waals surface area (Å²) in [6.07, 6.45) is 1.60. The number of hydrogen-bond acceptors (Lipinski definition) is 4. The van der Waals surface area contributed by atoms with Gasteiger partial charge in [-0.1, -0.05) is 31.9 Å². The van der Waals surface area contributed by atoms with Gasteiger partial charge in [-0.2, -0.15) is 4.57 Å². The monoisotopic (exact) mass is 533 g/mol. The molecule has 0 spiro atoms. The molecule has 0 saturated carbocycles. The number of carbonyl (C=O) groups is 2. The summed E-state index contributed by atoms with van der Waals surface area (Å²) in [6, 6.07) is 13.9. The average molecular weight is 535 g/mol. The Hall–Kier alpha value is -2.71. The number of amides is 1. The fraction of sp³-hybridized carbons (Fsp3) is 0.136. The van der Waals surface area contributed by atoms with Gasteiger partial charge in [0.25, 0.3) is 5.82 Å². The normalized spacial score (nSPS) is 10.4. The minimum absolute atomic E-state index is 0.339. The van der Waals surface area contributed by atoms with E-state index < -0.39 is 5.91 Å². The van der Waals surface area contributed by atoms with Gasteiger partial charge in [0, 0.05) is 14.5 Å². The lowest BCUT2D eigenvalue weighted by molar-refractivity contribution is -0.555. The van der Waals surface area contributed by atoms with Crippen LogP contribution in [-0.2, 0) is 0 Å². The van der Waals surface area contributed by atoms with Crippen LogP contribution in [0.15, 0.2) is 63.7 Å². The molecule has 0 saturated heterocycles.